The molecule has 1 aliphatic heterocycles. The van der Waals surface area contributed by atoms with Crippen LogP contribution in [-0.4, -0.2) is 51.8 Å². The number of hydrogen-bond donors (Lipinski definition) is 2. The van der Waals surface area contributed by atoms with Crippen LogP contribution in [0.5, 0.6) is 0 Å². The first-order valence-electron chi connectivity index (χ1n) is 7.19. The van der Waals surface area contributed by atoms with Gasteiger partial charge in [-0.15, -0.1) is 0 Å². The van der Waals surface area contributed by atoms with Crippen molar-refractivity contribution in [3.63, 3.8) is 0 Å². The number of hydrogen-bond acceptors (Lipinski definition) is 7. The van der Waals surface area contributed by atoms with Crippen LogP contribution in [0.15, 0.2) is 0 Å². The van der Waals surface area contributed by atoms with Crippen molar-refractivity contribution in [3.8, 4) is 0 Å². The van der Waals surface area contributed by atoms with Crippen molar-refractivity contribution in [1.82, 2.24) is 15.0 Å². The summed E-state index contributed by atoms with van der Waals surface area (Å²) < 4.78 is 0. The maximum atomic E-state index is 10.2. The molecule has 0 spiro atoms. The largest absolute Gasteiger partial charge is 0.388 e. The highest BCUT2D eigenvalue weighted by Gasteiger charge is 2.30. The Labute approximate surface area is 119 Å². The van der Waals surface area contributed by atoms with Crippen molar-refractivity contribution in [2.75, 3.05) is 41.7 Å². The van der Waals surface area contributed by atoms with E-state index >= 15 is 0 Å². The average Bonchev–Trinajstić information content (AvgIpc) is 2.38. The van der Waals surface area contributed by atoms with Gasteiger partial charge in [0.25, 0.3) is 0 Å². The van der Waals surface area contributed by atoms with Crippen molar-refractivity contribution in [1.29, 1.82) is 0 Å². The second-order valence-corrected chi connectivity index (χ2v) is 5.49. The minimum absolute atomic E-state index is 0.224. The van der Waals surface area contributed by atoms with Gasteiger partial charge in [0.1, 0.15) is 0 Å². The van der Waals surface area contributed by atoms with Gasteiger partial charge in [0.05, 0.1) is 5.60 Å². The third-order valence-corrected chi connectivity index (χ3v) is 3.63. The van der Waals surface area contributed by atoms with Crippen LogP contribution in [0.4, 0.5) is 17.8 Å². The van der Waals surface area contributed by atoms with Gasteiger partial charge in [-0.3, -0.25) is 0 Å². The van der Waals surface area contributed by atoms with E-state index in [1.807, 2.05) is 16.7 Å². The third kappa shape index (κ3) is 3.27. The predicted molar refractivity (Wildman–Crippen MR) is 79.9 cm³/mol. The molecule has 3 N–H and O–H groups in total. The van der Waals surface area contributed by atoms with Crippen LogP contribution in [0.3, 0.4) is 0 Å². The molecule has 1 saturated heterocycles. The van der Waals surface area contributed by atoms with E-state index in [1.54, 1.807) is 0 Å². The van der Waals surface area contributed by atoms with Gasteiger partial charge in [0.15, 0.2) is 0 Å². The fourth-order valence-electron chi connectivity index (χ4n) is 2.55. The molecular weight excluding hydrogens is 256 g/mol. The zero-order chi connectivity index (χ0) is 14.8. The number of aromatic nitrogens is 3. The maximum Gasteiger partial charge on any atom is 0.232 e. The fraction of sp³-hybridized carbons (Fsp3) is 0.769. The lowest BCUT2D eigenvalue weighted by molar-refractivity contribution is 0.0444. The molecule has 7 nitrogen and oxygen atoms in total. The number of anilines is 3. The molecule has 0 saturated carbocycles. The smallest absolute Gasteiger partial charge is 0.232 e. The molecule has 2 rings (SSSR count). The van der Waals surface area contributed by atoms with Crippen molar-refractivity contribution >= 4 is 17.8 Å². The maximum absolute atomic E-state index is 10.2. The Morgan fingerprint density at radius 3 is 2.60 bits per heavy atom. The Balaban J connectivity index is 2.27. The SMILES string of the molecule is CCN(CC)c1nc(N)nc(N2CCCC(C)(O)C2)n1. The molecule has 1 aromatic rings. The summed E-state index contributed by atoms with van der Waals surface area (Å²) in [5.74, 6) is 1.38. The van der Waals surface area contributed by atoms with Crippen LogP contribution in [-0.2, 0) is 0 Å². The minimum atomic E-state index is -0.699. The minimum Gasteiger partial charge on any atom is -0.388 e. The number of aliphatic hydroxyl groups is 1. The van der Waals surface area contributed by atoms with E-state index in [0.29, 0.717) is 18.4 Å². The van der Waals surface area contributed by atoms with E-state index in [9.17, 15) is 5.11 Å². The van der Waals surface area contributed by atoms with Crippen LogP contribution in [0.2, 0.25) is 0 Å². The fourth-order valence-corrected chi connectivity index (χ4v) is 2.55. The standard InChI is InChI=1S/C13H24N6O/c1-4-18(5-2)11-15-10(14)16-12(17-11)19-8-6-7-13(3,20)9-19/h20H,4-9H2,1-3H3,(H2,14,15,16,17). The number of β-amino-alcohol motifs (C(OH)–C–C–N with tert-alkyl or cyclic N) is 1. The molecule has 0 bridgehead atoms. The molecule has 1 unspecified atom stereocenters. The van der Waals surface area contributed by atoms with Crippen LogP contribution in [0, 0.1) is 0 Å². The van der Waals surface area contributed by atoms with Gasteiger partial charge >= 0.3 is 0 Å². The molecule has 0 aliphatic carbocycles. The lowest BCUT2D eigenvalue weighted by Crippen LogP contribution is -2.47. The molecule has 112 valence electrons. The van der Waals surface area contributed by atoms with Crippen molar-refractivity contribution in [3.05, 3.63) is 0 Å². The molecule has 0 amide bonds. The Morgan fingerprint density at radius 1 is 1.30 bits per heavy atom. The Kier molecular flexibility index (Phi) is 4.27. The van der Waals surface area contributed by atoms with E-state index in [-0.39, 0.29) is 5.95 Å². The van der Waals surface area contributed by atoms with Gasteiger partial charge in [0.2, 0.25) is 17.8 Å². The lowest BCUT2D eigenvalue weighted by atomic mass is 9.95. The summed E-state index contributed by atoms with van der Waals surface area (Å²) in [6, 6.07) is 0. The van der Waals surface area contributed by atoms with Gasteiger partial charge in [-0.05, 0) is 33.6 Å². The Morgan fingerprint density at radius 2 is 2.00 bits per heavy atom. The zero-order valence-electron chi connectivity index (χ0n) is 12.5. The highest BCUT2D eigenvalue weighted by molar-refractivity contribution is 5.44. The van der Waals surface area contributed by atoms with E-state index < -0.39 is 5.60 Å². The molecule has 1 aromatic heterocycles. The summed E-state index contributed by atoms with van der Waals surface area (Å²) in [5.41, 5.74) is 5.10. The molecule has 1 atom stereocenters. The zero-order valence-corrected chi connectivity index (χ0v) is 12.5. The number of nitrogens with zero attached hydrogens (tertiary/aromatic N) is 5. The molecule has 1 fully saturated rings. The van der Waals surface area contributed by atoms with Gasteiger partial charge in [-0.1, -0.05) is 0 Å². The number of rotatable bonds is 4. The lowest BCUT2D eigenvalue weighted by Gasteiger charge is -2.37. The number of nitrogens with two attached hydrogens (primary N) is 1. The molecule has 2 heterocycles. The van der Waals surface area contributed by atoms with Crippen LogP contribution < -0.4 is 15.5 Å². The second kappa shape index (κ2) is 5.78. The Bertz CT molecular complexity index is 460. The summed E-state index contributed by atoms with van der Waals surface area (Å²) in [6.07, 6.45) is 1.71. The summed E-state index contributed by atoms with van der Waals surface area (Å²) in [5, 5.41) is 10.2. The van der Waals surface area contributed by atoms with E-state index in [2.05, 4.69) is 28.8 Å². The van der Waals surface area contributed by atoms with E-state index in [0.717, 1.165) is 32.5 Å². The number of piperidine rings is 1. The normalized spacial score (nSPS) is 22.9. The van der Waals surface area contributed by atoms with Gasteiger partial charge in [-0.2, -0.15) is 15.0 Å². The van der Waals surface area contributed by atoms with Gasteiger partial charge in [-0.25, -0.2) is 0 Å². The summed E-state index contributed by atoms with van der Waals surface area (Å²) in [6.45, 7) is 8.93. The van der Waals surface area contributed by atoms with Crippen LogP contribution >= 0.6 is 0 Å². The van der Waals surface area contributed by atoms with Crippen LogP contribution in [0.25, 0.3) is 0 Å². The van der Waals surface area contributed by atoms with Crippen molar-refractivity contribution < 1.29 is 5.11 Å². The molecule has 7 heteroatoms. The van der Waals surface area contributed by atoms with E-state index in [4.69, 9.17) is 5.73 Å². The number of nitrogen functional groups attached to an aromatic ring is 1. The summed E-state index contributed by atoms with van der Waals surface area (Å²) >= 11 is 0. The quantitative estimate of drug-likeness (QED) is 0.836. The average molecular weight is 280 g/mol. The summed E-state index contributed by atoms with van der Waals surface area (Å²) in [4.78, 5) is 16.9. The first kappa shape index (κ1) is 14.8. The third-order valence-electron chi connectivity index (χ3n) is 3.63. The highest BCUT2D eigenvalue weighted by atomic mass is 16.3. The molecule has 0 radical (unpaired) electrons. The second-order valence-electron chi connectivity index (χ2n) is 5.49. The predicted octanol–water partition coefficient (Wildman–Crippen LogP) is 0.651. The summed E-state index contributed by atoms with van der Waals surface area (Å²) in [7, 11) is 0. The molecule has 0 aromatic carbocycles. The van der Waals surface area contributed by atoms with Crippen molar-refractivity contribution in [2.45, 2.75) is 39.2 Å². The monoisotopic (exact) mass is 280 g/mol. The first-order valence-corrected chi connectivity index (χ1v) is 7.19. The topological polar surface area (TPSA) is 91.4 Å². The first-order chi connectivity index (χ1) is 9.45. The molecular formula is C13H24N6O. The molecule has 20 heavy (non-hydrogen) atoms. The van der Waals surface area contributed by atoms with Gasteiger partial charge in [0, 0.05) is 26.2 Å². The van der Waals surface area contributed by atoms with Gasteiger partial charge < -0.3 is 20.6 Å². The highest BCUT2D eigenvalue weighted by Crippen LogP contribution is 2.24. The molecule has 1 aliphatic rings. The van der Waals surface area contributed by atoms with Crippen LogP contribution in [0.1, 0.15) is 33.6 Å². The van der Waals surface area contributed by atoms with Crippen molar-refractivity contribution in [2.24, 2.45) is 0 Å². The Hall–Kier alpha value is -1.63. The van der Waals surface area contributed by atoms with E-state index in [1.165, 1.54) is 0 Å².